The predicted molar refractivity (Wildman–Crippen MR) is 79.8 cm³/mol. The van der Waals surface area contributed by atoms with Gasteiger partial charge < -0.3 is 10.2 Å². The van der Waals surface area contributed by atoms with Gasteiger partial charge in [0.25, 0.3) is 0 Å². The molecule has 1 saturated heterocycles. The van der Waals surface area contributed by atoms with Crippen molar-refractivity contribution in [3.05, 3.63) is 29.8 Å². The lowest BCUT2D eigenvalue weighted by molar-refractivity contribution is 0.589. The molecule has 1 atom stereocenters. The zero-order chi connectivity index (χ0) is 12.4. The Morgan fingerprint density at radius 2 is 1.94 bits per heavy atom. The van der Waals surface area contributed by atoms with Crippen molar-refractivity contribution in [3.63, 3.8) is 0 Å². The average Bonchev–Trinajstić information content (AvgIpc) is 2.87. The maximum Gasteiger partial charge on any atom is 0.0852 e. The molecule has 0 aliphatic carbocycles. The van der Waals surface area contributed by atoms with Crippen molar-refractivity contribution in [1.29, 1.82) is 0 Å². The fourth-order valence-corrected chi connectivity index (χ4v) is 3.36. The zero-order valence-electron chi connectivity index (χ0n) is 10.7. The van der Waals surface area contributed by atoms with E-state index in [1.54, 1.807) is 0 Å². The minimum absolute atomic E-state index is 0.368. The van der Waals surface area contributed by atoms with Crippen LogP contribution in [-0.2, 0) is 0 Å². The van der Waals surface area contributed by atoms with Crippen LogP contribution in [0.25, 0.3) is 0 Å². The third kappa shape index (κ3) is 2.54. The maximum absolute atomic E-state index is 4.66. The summed E-state index contributed by atoms with van der Waals surface area (Å²) in [7, 11) is 0. The normalized spacial score (nSPS) is 24.2. The van der Waals surface area contributed by atoms with Crippen molar-refractivity contribution in [3.8, 4) is 0 Å². The molecule has 3 rings (SSSR count). The third-order valence-corrected chi connectivity index (χ3v) is 4.55. The summed E-state index contributed by atoms with van der Waals surface area (Å²) < 4.78 is 0. The van der Waals surface area contributed by atoms with Crippen LogP contribution in [0.5, 0.6) is 0 Å². The van der Waals surface area contributed by atoms with Gasteiger partial charge in [-0.05, 0) is 24.6 Å². The van der Waals surface area contributed by atoms with E-state index in [0.29, 0.717) is 6.04 Å². The fourth-order valence-electron chi connectivity index (χ4n) is 2.49. The van der Waals surface area contributed by atoms with Gasteiger partial charge in [0.15, 0.2) is 0 Å². The Morgan fingerprint density at radius 1 is 1.22 bits per heavy atom. The molecular formula is C14H19N3S. The summed E-state index contributed by atoms with van der Waals surface area (Å²) in [6.45, 7) is 6.49. The molecule has 0 saturated carbocycles. The van der Waals surface area contributed by atoms with E-state index in [1.807, 2.05) is 11.8 Å². The van der Waals surface area contributed by atoms with Crippen molar-refractivity contribution in [2.45, 2.75) is 13.0 Å². The minimum Gasteiger partial charge on any atom is -0.369 e. The lowest BCUT2D eigenvalue weighted by Gasteiger charge is -2.29. The molecular weight excluding hydrogens is 242 g/mol. The van der Waals surface area contributed by atoms with E-state index in [-0.39, 0.29) is 0 Å². The second-order valence-corrected chi connectivity index (χ2v) is 6.02. The van der Waals surface area contributed by atoms with Gasteiger partial charge in [0, 0.05) is 37.6 Å². The van der Waals surface area contributed by atoms with Crippen molar-refractivity contribution in [1.82, 2.24) is 5.32 Å². The van der Waals surface area contributed by atoms with Crippen molar-refractivity contribution in [2.24, 2.45) is 4.99 Å². The van der Waals surface area contributed by atoms with Gasteiger partial charge in [0.1, 0.15) is 0 Å². The summed E-state index contributed by atoms with van der Waals surface area (Å²) in [4.78, 5) is 7.10. The quantitative estimate of drug-likeness (QED) is 0.885. The van der Waals surface area contributed by atoms with Gasteiger partial charge in [-0.2, -0.15) is 0 Å². The van der Waals surface area contributed by atoms with E-state index in [4.69, 9.17) is 0 Å². The van der Waals surface area contributed by atoms with E-state index in [9.17, 15) is 0 Å². The Bertz CT molecular complexity index is 435. The Kier molecular flexibility index (Phi) is 3.57. The van der Waals surface area contributed by atoms with Crippen LogP contribution in [0.4, 0.5) is 5.69 Å². The summed E-state index contributed by atoms with van der Waals surface area (Å²) >= 11 is 1.86. The molecule has 96 valence electrons. The molecule has 3 nitrogen and oxygen atoms in total. The Balaban J connectivity index is 1.72. The van der Waals surface area contributed by atoms with E-state index in [2.05, 4.69) is 46.4 Å². The fraction of sp³-hybridized carbons (Fsp3) is 0.500. The van der Waals surface area contributed by atoms with Gasteiger partial charge in [0.2, 0.25) is 0 Å². The van der Waals surface area contributed by atoms with Crippen LogP contribution >= 0.6 is 11.8 Å². The van der Waals surface area contributed by atoms with Gasteiger partial charge in [0.05, 0.1) is 11.1 Å². The van der Waals surface area contributed by atoms with E-state index in [1.165, 1.54) is 16.3 Å². The van der Waals surface area contributed by atoms with E-state index in [0.717, 1.165) is 31.9 Å². The van der Waals surface area contributed by atoms with E-state index < -0.39 is 0 Å². The predicted octanol–water partition coefficient (Wildman–Crippen LogP) is 2.30. The molecule has 0 bridgehead atoms. The smallest absolute Gasteiger partial charge is 0.0852 e. The third-order valence-electron chi connectivity index (χ3n) is 3.55. The molecule has 4 heteroatoms. The van der Waals surface area contributed by atoms with Gasteiger partial charge in [-0.1, -0.05) is 12.1 Å². The van der Waals surface area contributed by atoms with Crippen molar-refractivity contribution >= 4 is 22.5 Å². The molecule has 2 aliphatic rings. The lowest BCUT2D eigenvalue weighted by Crippen LogP contribution is -2.43. The highest BCUT2D eigenvalue weighted by Crippen LogP contribution is 2.31. The second-order valence-electron chi connectivity index (χ2n) is 4.80. The lowest BCUT2D eigenvalue weighted by atomic mass is 10.1. The molecule has 0 aromatic heterocycles. The van der Waals surface area contributed by atoms with Crippen LogP contribution in [0, 0.1) is 0 Å². The summed E-state index contributed by atoms with van der Waals surface area (Å²) in [6, 6.07) is 9.34. The SMILES string of the molecule is CC1=NC(c2ccc(N3CCNCC3)cc2)CS1. The summed E-state index contributed by atoms with van der Waals surface area (Å²) in [6.07, 6.45) is 0. The highest BCUT2D eigenvalue weighted by atomic mass is 32.2. The Labute approximate surface area is 113 Å². The van der Waals surface area contributed by atoms with E-state index >= 15 is 0 Å². The first-order valence-corrected chi connectivity index (χ1v) is 7.54. The first-order chi connectivity index (χ1) is 8.83. The maximum atomic E-state index is 4.66. The van der Waals surface area contributed by atoms with Crippen LogP contribution in [-0.4, -0.2) is 37.0 Å². The largest absolute Gasteiger partial charge is 0.369 e. The Morgan fingerprint density at radius 3 is 2.56 bits per heavy atom. The molecule has 1 fully saturated rings. The average molecular weight is 261 g/mol. The molecule has 0 amide bonds. The van der Waals surface area contributed by atoms with Crippen LogP contribution in [0.3, 0.4) is 0 Å². The molecule has 2 aliphatic heterocycles. The minimum atomic E-state index is 0.368. The second kappa shape index (κ2) is 5.33. The van der Waals surface area contributed by atoms with Gasteiger partial charge in [-0.3, -0.25) is 4.99 Å². The summed E-state index contributed by atoms with van der Waals surface area (Å²) in [5.74, 6) is 1.10. The van der Waals surface area contributed by atoms with Crippen LogP contribution in [0.1, 0.15) is 18.5 Å². The molecule has 2 heterocycles. The number of nitrogens with zero attached hydrogens (tertiary/aromatic N) is 2. The van der Waals surface area contributed by atoms with Gasteiger partial charge >= 0.3 is 0 Å². The standard InChI is InChI=1S/C14H19N3S/c1-11-16-14(10-18-11)12-2-4-13(5-3-12)17-8-6-15-7-9-17/h2-5,14-15H,6-10H2,1H3. The first kappa shape index (κ1) is 12.1. The molecule has 0 radical (unpaired) electrons. The monoisotopic (exact) mass is 261 g/mol. The zero-order valence-corrected chi connectivity index (χ0v) is 11.5. The molecule has 1 aromatic rings. The number of hydrogen-bond donors (Lipinski definition) is 1. The number of piperazine rings is 1. The number of benzene rings is 1. The highest BCUT2D eigenvalue weighted by Gasteiger charge is 2.17. The number of anilines is 1. The molecule has 0 spiro atoms. The number of rotatable bonds is 2. The number of hydrogen-bond acceptors (Lipinski definition) is 4. The van der Waals surface area contributed by atoms with Crippen molar-refractivity contribution in [2.75, 3.05) is 36.8 Å². The molecule has 1 N–H and O–H groups in total. The Hall–Kier alpha value is -1.00. The van der Waals surface area contributed by atoms with Crippen molar-refractivity contribution < 1.29 is 0 Å². The number of aliphatic imine (C=N–C) groups is 1. The van der Waals surface area contributed by atoms with Crippen LogP contribution in [0.2, 0.25) is 0 Å². The molecule has 18 heavy (non-hydrogen) atoms. The topological polar surface area (TPSA) is 27.6 Å². The summed E-state index contributed by atoms with van der Waals surface area (Å²) in [5.41, 5.74) is 2.69. The van der Waals surface area contributed by atoms with Crippen LogP contribution < -0.4 is 10.2 Å². The molecule has 1 aromatic carbocycles. The molecule has 1 unspecified atom stereocenters. The van der Waals surface area contributed by atoms with Gasteiger partial charge in [-0.15, -0.1) is 11.8 Å². The first-order valence-electron chi connectivity index (χ1n) is 6.56. The highest BCUT2D eigenvalue weighted by molar-refractivity contribution is 8.14. The van der Waals surface area contributed by atoms with Crippen LogP contribution in [0.15, 0.2) is 29.3 Å². The summed E-state index contributed by atoms with van der Waals surface area (Å²) in [5, 5.41) is 4.60. The number of thioether (sulfide) groups is 1. The van der Waals surface area contributed by atoms with Gasteiger partial charge in [-0.25, -0.2) is 0 Å². The number of nitrogens with one attached hydrogen (secondary N) is 1.